The van der Waals surface area contributed by atoms with E-state index in [1.165, 1.54) is 11.1 Å². The number of phenols is 2. The highest BCUT2D eigenvalue weighted by atomic mass is 16.5. The number of allylic oxidation sites excluding steroid dienone is 1. The molecule has 0 aromatic heterocycles. The predicted molar refractivity (Wildman–Crippen MR) is 260 cm³/mol. The SMILES string of the molecule is C=CCC(COc1ccc(CCC)cc1-c1cccc(-c2c(C)ccc3ccccc23)c1O)COc1ccc(CCC)cc1-c1cccc(-c2c(C)ccc3ccccc23)c1O. The van der Waals surface area contributed by atoms with Crippen LogP contribution in [-0.4, -0.2) is 23.4 Å². The van der Waals surface area contributed by atoms with Crippen LogP contribution in [0.3, 0.4) is 0 Å². The van der Waals surface area contributed by atoms with Gasteiger partial charge in [0.25, 0.3) is 0 Å². The Morgan fingerprint density at radius 1 is 0.500 bits per heavy atom. The van der Waals surface area contributed by atoms with Crippen LogP contribution in [0, 0.1) is 19.8 Å². The molecule has 8 rings (SSSR count). The van der Waals surface area contributed by atoms with Crippen LogP contribution in [0.15, 0.2) is 158 Å². The van der Waals surface area contributed by atoms with Crippen molar-refractivity contribution in [3.8, 4) is 67.5 Å². The number of aryl methyl sites for hydroxylation is 4. The molecule has 0 aliphatic heterocycles. The van der Waals surface area contributed by atoms with Gasteiger partial charge < -0.3 is 19.7 Å². The fraction of sp³-hybridized carbons (Fsp3) is 0.207. The Labute approximate surface area is 366 Å². The lowest BCUT2D eigenvalue weighted by Gasteiger charge is -2.22. The van der Waals surface area contributed by atoms with Gasteiger partial charge in [-0.25, -0.2) is 0 Å². The quantitative estimate of drug-likeness (QED) is 0.0954. The third-order valence-electron chi connectivity index (χ3n) is 12.1. The molecule has 8 aromatic rings. The van der Waals surface area contributed by atoms with Gasteiger partial charge in [0, 0.05) is 39.3 Å². The van der Waals surface area contributed by atoms with Crippen molar-refractivity contribution in [1.82, 2.24) is 0 Å². The van der Waals surface area contributed by atoms with Crippen LogP contribution in [0.25, 0.3) is 66.1 Å². The van der Waals surface area contributed by atoms with Crippen LogP contribution >= 0.6 is 0 Å². The topological polar surface area (TPSA) is 58.9 Å². The molecule has 0 amide bonds. The molecule has 0 heterocycles. The van der Waals surface area contributed by atoms with E-state index in [0.29, 0.717) is 31.1 Å². The van der Waals surface area contributed by atoms with Gasteiger partial charge in [0.2, 0.25) is 0 Å². The van der Waals surface area contributed by atoms with Crippen LogP contribution in [0.2, 0.25) is 0 Å². The van der Waals surface area contributed by atoms with Gasteiger partial charge in [-0.1, -0.05) is 154 Å². The molecule has 0 unspecified atom stereocenters. The largest absolute Gasteiger partial charge is 0.507 e. The van der Waals surface area contributed by atoms with Gasteiger partial charge in [0.05, 0.1) is 13.2 Å². The summed E-state index contributed by atoms with van der Waals surface area (Å²) in [6.07, 6.45) is 6.44. The number of ether oxygens (including phenoxy) is 2. The van der Waals surface area contributed by atoms with Gasteiger partial charge >= 0.3 is 0 Å². The van der Waals surface area contributed by atoms with Gasteiger partial charge in [-0.05, 0) is 112 Å². The molecular weight excluding hydrogens is 761 g/mol. The molecule has 2 N–H and O–H groups in total. The van der Waals surface area contributed by atoms with E-state index in [1.54, 1.807) is 0 Å². The first-order valence-electron chi connectivity index (χ1n) is 22.0. The average molecular weight is 817 g/mol. The molecule has 0 fully saturated rings. The number of phenolic OH excluding ortho intramolecular Hbond substituents is 2. The normalized spacial score (nSPS) is 11.4. The van der Waals surface area contributed by atoms with E-state index < -0.39 is 0 Å². The van der Waals surface area contributed by atoms with Gasteiger partial charge in [0.1, 0.15) is 23.0 Å². The fourth-order valence-corrected chi connectivity index (χ4v) is 8.95. The van der Waals surface area contributed by atoms with E-state index in [2.05, 4.69) is 107 Å². The molecule has 0 aliphatic rings. The Kier molecular flexibility index (Phi) is 12.8. The van der Waals surface area contributed by atoms with Crippen molar-refractivity contribution in [2.24, 2.45) is 5.92 Å². The molecular formula is C58H56O4. The van der Waals surface area contributed by atoms with Crippen molar-refractivity contribution >= 4 is 21.5 Å². The summed E-state index contributed by atoms with van der Waals surface area (Å²) in [5.74, 6) is 1.85. The number of hydrogen-bond donors (Lipinski definition) is 2. The van der Waals surface area contributed by atoms with Crippen LogP contribution in [0.1, 0.15) is 55.4 Å². The minimum Gasteiger partial charge on any atom is -0.507 e. The van der Waals surface area contributed by atoms with Crippen molar-refractivity contribution in [2.45, 2.75) is 59.8 Å². The zero-order chi connectivity index (χ0) is 43.2. The Morgan fingerprint density at radius 3 is 1.37 bits per heavy atom. The van der Waals surface area contributed by atoms with Gasteiger partial charge in [-0.2, -0.15) is 0 Å². The highest BCUT2D eigenvalue weighted by molar-refractivity contribution is 6.02. The smallest absolute Gasteiger partial charge is 0.131 e. The maximum absolute atomic E-state index is 12.1. The Hall–Kier alpha value is -6.78. The summed E-state index contributed by atoms with van der Waals surface area (Å²) < 4.78 is 13.5. The highest BCUT2D eigenvalue weighted by Crippen LogP contribution is 2.47. The lowest BCUT2D eigenvalue weighted by Crippen LogP contribution is -2.20. The maximum Gasteiger partial charge on any atom is 0.131 e. The molecule has 4 nitrogen and oxygen atoms in total. The second kappa shape index (κ2) is 18.9. The van der Waals surface area contributed by atoms with Crippen molar-refractivity contribution < 1.29 is 19.7 Å². The molecule has 0 aliphatic carbocycles. The summed E-state index contributed by atoms with van der Waals surface area (Å²) in [6.45, 7) is 13.4. The lowest BCUT2D eigenvalue weighted by atomic mass is 9.90. The second-order valence-corrected chi connectivity index (χ2v) is 16.5. The first kappa shape index (κ1) is 41.9. The first-order valence-corrected chi connectivity index (χ1v) is 22.0. The fourth-order valence-electron chi connectivity index (χ4n) is 8.95. The van der Waals surface area contributed by atoms with Crippen LogP contribution in [0.5, 0.6) is 23.0 Å². The highest BCUT2D eigenvalue weighted by Gasteiger charge is 2.22. The lowest BCUT2D eigenvalue weighted by molar-refractivity contribution is 0.179. The van der Waals surface area contributed by atoms with E-state index >= 15 is 0 Å². The molecule has 8 aromatic carbocycles. The third-order valence-corrected chi connectivity index (χ3v) is 12.1. The molecule has 0 saturated carbocycles. The number of fused-ring (bicyclic) bond motifs is 2. The molecule has 0 bridgehead atoms. The molecule has 0 atom stereocenters. The monoisotopic (exact) mass is 816 g/mol. The summed E-state index contributed by atoms with van der Waals surface area (Å²) in [7, 11) is 0. The summed E-state index contributed by atoms with van der Waals surface area (Å²) in [6, 6.07) is 49.9. The predicted octanol–water partition coefficient (Wildman–Crippen LogP) is 15.2. The van der Waals surface area contributed by atoms with E-state index in [1.807, 2.05) is 78.9 Å². The zero-order valence-electron chi connectivity index (χ0n) is 36.4. The summed E-state index contributed by atoms with van der Waals surface area (Å²) in [4.78, 5) is 0. The van der Waals surface area contributed by atoms with Crippen LogP contribution < -0.4 is 9.47 Å². The van der Waals surface area contributed by atoms with E-state index in [-0.39, 0.29) is 17.4 Å². The Morgan fingerprint density at radius 2 is 0.935 bits per heavy atom. The average Bonchev–Trinajstić information content (AvgIpc) is 3.29. The third kappa shape index (κ3) is 8.56. The molecule has 62 heavy (non-hydrogen) atoms. The van der Waals surface area contributed by atoms with Crippen LogP contribution in [-0.2, 0) is 12.8 Å². The molecule has 0 saturated heterocycles. The minimum absolute atomic E-state index is 0.0321. The number of rotatable bonds is 16. The second-order valence-electron chi connectivity index (χ2n) is 16.5. The number of benzene rings is 8. The Bertz CT molecular complexity index is 2690. The van der Waals surface area contributed by atoms with Gasteiger partial charge in [-0.3, -0.25) is 0 Å². The van der Waals surface area contributed by atoms with Crippen molar-refractivity contribution in [3.63, 3.8) is 0 Å². The first-order chi connectivity index (χ1) is 30.3. The zero-order valence-corrected chi connectivity index (χ0v) is 36.4. The molecule has 312 valence electrons. The molecule has 0 radical (unpaired) electrons. The van der Waals surface area contributed by atoms with E-state index in [0.717, 1.165) is 103 Å². The summed E-state index contributed by atoms with van der Waals surface area (Å²) >= 11 is 0. The summed E-state index contributed by atoms with van der Waals surface area (Å²) in [5.41, 5.74) is 11.4. The maximum atomic E-state index is 12.1. The number of para-hydroxylation sites is 2. The summed E-state index contributed by atoms with van der Waals surface area (Å²) in [5, 5.41) is 28.7. The van der Waals surface area contributed by atoms with E-state index in [9.17, 15) is 10.2 Å². The van der Waals surface area contributed by atoms with Gasteiger partial charge in [-0.15, -0.1) is 6.58 Å². The van der Waals surface area contributed by atoms with Crippen LogP contribution in [0.4, 0.5) is 0 Å². The van der Waals surface area contributed by atoms with Crippen molar-refractivity contribution in [3.05, 3.63) is 181 Å². The van der Waals surface area contributed by atoms with E-state index in [4.69, 9.17) is 9.47 Å². The number of hydrogen-bond acceptors (Lipinski definition) is 4. The van der Waals surface area contributed by atoms with Crippen molar-refractivity contribution in [1.29, 1.82) is 0 Å². The number of aromatic hydroxyl groups is 2. The van der Waals surface area contributed by atoms with Crippen molar-refractivity contribution in [2.75, 3.05) is 13.2 Å². The Balaban J connectivity index is 1.10. The van der Waals surface area contributed by atoms with Gasteiger partial charge in [0.15, 0.2) is 0 Å². The molecule has 4 heteroatoms. The minimum atomic E-state index is -0.0321. The molecule has 0 spiro atoms. The standard InChI is InChI=1S/C58H56O4/c1-6-15-40-28-32-53(51(34-40)47-22-13-24-49(57(47)59)55-38(4)26-30-43-18-9-11-20-45(43)55)61-36-42(17-8-3)37-62-54-33-29-41(16-7-2)35-52(54)48-23-14-25-50(58(48)60)56-39(5)27-31-44-19-10-12-21-46(44)56/h8-14,18-35,42,59-60H,3,6-7,15-17,36-37H2,1-2,4-5H3.